The van der Waals surface area contributed by atoms with E-state index in [4.69, 9.17) is 27.0 Å². The Morgan fingerprint density at radius 1 is 1.12 bits per heavy atom. The van der Waals surface area contributed by atoms with E-state index in [0.717, 1.165) is 5.56 Å². The van der Waals surface area contributed by atoms with Crippen LogP contribution < -0.4 is 27.8 Å². The molecule has 10 N–H and O–H groups in total. The number of aromatic nitrogens is 4. The van der Waals surface area contributed by atoms with Crippen LogP contribution in [0.25, 0.3) is 11.2 Å². The average Bonchev–Trinajstić information content (AvgIpc) is 3.53. The van der Waals surface area contributed by atoms with Gasteiger partial charge in [-0.2, -0.15) is 11.8 Å². The first-order valence-electron chi connectivity index (χ1n) is 12.9. The van der Waals surface area contributed by atoms with Gasteiger partial charge >= 0.3 is 5.97 Å². The third kappa shape index (κ3) is 7.28. The van der Waals surface area contributed by atoms with E-state index in [1.54, 1.807) is 0 Å². The predicted octanol–water partition coefficient (Wildman–Crippen LogP) is -1.28. The fourth-order valence-corrected chi connectivity index (χ4v) is 5.28. The Hall–Kier alpha value is -3.83. The highest BCUT2D eigenvalue weighted by atomic mass is 32.2. The molecule has 3 aromatic rings. The molecule has 16 heteroatoms. The van der Waals surface area contributed by atoms with Gasteiger partial charge in [-0.3, -0.25) is 19.0 Å². The van der Waals surface area contributed by atoms with Crippen LogP contribution in [0.1, 0.15) is 24.6 Å². The number of nitrogens with zero attached hydrogens (tertiary/aromatic N) is 4. The van der Waals surface area contributed by atoms with Gasteiger partial charge in [-0.15, -0.1) is 0 Å². The molecule has 2 aromatic heterocycles. The molecule has 0 radical (unpaired) electrons. The minimum Gasteiger partial charge on any atom is -0.480 e. The summed E-state index contributed by atoms with van der Waals surface area (Å²) < 4.78 is 7.37. The first-order chi connectivity index (χ1) is 19.7. The number of anilines is 1. The van der Waals surface area contributed by atoms with Crippen molar-refractivity contribution in [3.63, 3.8) is 0 Å². The van der Waals surface area contributed by atoms with E-state index in [1.807, 2.05) is 30.3 Å². The summed E-state index contributed by atoms with van der Waals surface area (Å²) in [5.41, 5.74) is 19.2. The lowest BCUT2D eigenvalue weighted by atomic mass is 10.1. The molecule has 6 unspecified atom stereocenters. The number of carboxylic acid groups (broad SMARTS) is 1. The van der Waals surface area contributed by atoms with E-state index in [0.29, 0.717) is 17.9 Å². The van der Waals surface area contributed by atoms with Crippen LogP contribution in [0.4, 0.5) is 5.82 Å². The number of carbonyl (C=O) groups excluding carboxylic acids is 2. The minimum absolute atomic E-state index is 0.106. The molecule has 2 amide bonds. The number of fused-ring (bicyclic) bond motifs is 1. The zero-order valence-electron chi connectivity index (χ0n) is 22.0. The zero-order chi connectivity index (χ0) is 29.5. The molecule has 1 saturated heterocycles. The van der Waals surface area contributed by atoms with E-state index in [-0.39, 0.29) is 29.9 Å². The standard InChI is InChI=1S/C25H33N9O6S/c26-14(25(38)39)7-4-8-29-23(37)19-16(33-22(36)15(27)10-41-9-13-5-2-1-3-6-13)18(35)24(40-19)34-12-32-17-20(28)30-11-31-21(17)34/h1-3,5-6,11-12,14-16,18-19,24,35H,4,7-10,26-27H2,(H,29,37)(H,33,36)(H,38,39)(H2,28,30,31). The van der Waals surface area contributed by atoms with E-state index in [1.165, 1.54) is 29.0 Å². The van der Waals surface area contributed by atoms with Crippen molar-refractivity contribution < 1.29 is 29.3 Å². The summed E-state index contributed by atoms with van der Waals surface area (Å²) >= 11 is 1.48. The van der Waals surface area contributed by atoms with Crippen LogP contribution in [-0.2, 0) is 24.9 Å². The van der Waals surface area contributed by atoms with Crippen molar-refractivity contribution in [2.24, 2.45) is 11.5 Å². The number of carboxylic acids is 1. The van der Waals surface area contributed by atoms with Crippen molar-refractivity contribution in [1.29, 1.82) is 0 Å². The Labute approximate surface area is 239 Å². The first kappa shape index (κ1) is 30.1. The third-order valence-electron chi connectivity index (χ3n) is 6.55. The molecule has 0 spiro atoms. The van der Waals surface area contributed by atoms with Crippen molar-refractivity contribution in [1.82, 2.24) is 30.2 Å². The maximum atomic E-state index is 13.1. The summed E-state index contributed by atoms with van der Waals surface area (Å²) in [7, 11) is 0. The second-order valence-corrected chi connectivity index (χ2v) is 10.6. The maximum absolute atomic E-state index is 13.1. The summed E-state index contributed by atoms with van der Waals surface area (Å²) in [4.78, 5) is 49.4. The van der Waals surface area contributed by atoms with E-state index < -0.39 is 54.3 Å². The van der Waals surface area contributed by atoms with Crippen LogP contribution in [0.5, 0.6) is 0 Å². The number of amides is 2. The number of ether oxygens (including phenoxy) is 1. The van der Waals surface area contributed by atoms with E-state index >= 15 is 0 Å². The van der Waals surface area contributed by atoms with Gasteiger partial charge in [-0.1, -0.05) is 30.3 Å². The topological polar surface area (TPSA) is 247 Å². The Kier molecular flexibility index (Phi) is 10.1. The van der Waals surface area contributed by atoms with Crippen LogP contribution in [0, 0.1) is 0 Å². The Morgan fingerprint density at radius 3 is 2.61 bits per heavy atom. The Balaban J connectivity index is 1.45. The molecule has 1 aromatic carbocycles. The molecule has 6 atom stereocenters. The third-order valence-corrected chi connectivity index (χ3v) is 7.69. The molecule has 1 fully saturated rings. The van der Waals surface area contributed by atoms with Crippen LogP contribution in [0.15, 0.2) is 43.0 Å². The second kappa shape index (κ2) is 13.7. The highest BCUT2D eigenvalue weighted by Crippen LogP contribution is 2.32. The lowest BCUT2D eigenvalue weighted by Crippen LogP contribution is -2.56. The highest BCUT2D eigenvalue weighted by Gasteiger charge is 2.49. The number of thioether (sulfide) groups is 1. The van der Waals surface area contributed by atoms with Crippen LogP contribution in [0.2, 0.25) is 0 Å². The number of nitrogens with one attached hydrogen (secondary N) is 2. The van der Waals surface area contributed by atoms with Gasteiger partial charge in [-0.05, 0) is 18.4 Å². The summed E-state index contributed by atoms with van der Waals surface area (Å²) in [5, 5.41) is 25.5. The Morgan fingerprint density at radius 2 is 1.88 bits per heavy atom. The number of hydrogen-bond acceptors (Lipinski definition) is 12. The lowest BCUT2D eigenvalue weighted by Gasteiger charge is -2.23. The van der Waals surface area contributed by atoms with Crippen molar-refractivity contribution in [2.45, 2.75) is 55.2 Å². The molecular formula is C25H33N9O6S. The monoisotopic (exact) mass is 587 g/mol. The number of hydrogen-bond donors (Lipinski definition) is 7. The molecule has 0 saturated carbocycles. The average molecular weight is 588 g/mol. The zero-order valence-corrected chi connectivity index (χ0v) is 22.8. The predicted molar refractivity (Wildman–Crippen MR) is 150 cm³/mol. The quantitative estimate of drug-likeness (QED) is 0.115. The summed E-state index contributed by atoms with van der Waals surface area (Å²) in [6.07, 6.45) is -0.845. The SMILES string of the molecule is Nc1ncnc2c1ncn2C1OC(C(=O)NCCCC(N)C(=O)O)C(NC(=O)C(N)CSCc2ccccc2)C1O. The molecule has 0 bridgehead atoms. The molecule has 1 aliphatic heterocycles. The van der Waals surface area contributed by atoms with Crippen molar-refractivity contribution in [3.8, 4) is 0 Å². The fraction of sp³-hybridized carbons (Fsp3) is 0.440. The fourth-order valence-electron chi connectivity index (χ4n) is 4.33. The summed E-state index contributed by atoms with van der Waals surface area (Å²) in [6, 6.07) is 6.57. The lowest BCUT2D eigenvalue weighted by molar-refractivity contribution is -0.138. The van der Waals surface area contributed by atoms with Crippen molar-refractivity contribution in [2.75, 3.05) is 18.0 Å². The van der Waals surface area contributed by atoms with Gasteiger partial charge in [-0.25, -0.2) is 15.0 Å². The minimum atomic E-state index is -1.40. The molecule has 3 heterocycles. The van der Waals surface area contributed by atoms with E-state index in [2.05, 4.69) is 25.6 Å². The molecule has 1 aliphatic rings. The normalized spacial score (nSPS) is 21.8. The largest absolute Gasteiger partial charge is 0.480 e. The van der Waals surface area contributed by atoms with Gasteiger partial charge in [0, 0.05) is 18.1 Å². The molecule has 0 aliphatic carbocycles. The number of rotatable bonds is 13. The van der Waals surface area contributed by atoms with E-state index in [9.17, 15) is 19.5 Å². The maximum Gasteiger partial charge on any atom is 0.320 e. The van der Waals surface area contributed by atoms with Gasteiger partial charge in [0.25, 0.3) is 5.91 Å². The van der Waals surface area contributed by atoms with Crippen LogP contribution >= 0.6 is 11.8 Å². The molecule has 4 rings (SSSR count). The number of aliphatic hydroxyl groups is 1. The number of benzene rings is 1. The van der Waals surface area contributed by atoms with Gasteiger partial charge in [0.1, 0.15) is 24.0 Å². The number of imidazole rings is 1. The molecule has 15 nitrogen and oxygen atoms in total. The molecule has 41 heavy (non-hydrogen) atoms. The van der Waals surface area contributed by atoms with Gasteiger partial charge in [0.05, 0.1) is 18.4 Å². The first-order valence-corrected chi connectivity index (χ1v) is 14.0. The second-order valence-electron chi connectivity index (χ2n) is 9.54. The Bertz CT molecular complexity index is 1360. The highest BCUT2D eigenvalue weighted by molar-refractivity contribution is 7.98. The number of aliphatic hydroxyl groups excluding tert-OH is 1. The van der Waals surface area contributed by atoms with Crippen LogP contribution in [-0.4, -0.2) is 90.1 Å². The smallest absolute Gasteiger partial charge is 0.320 e. The summed E-state index contributed by atoms with van der Waals surface area (Å²) in [6.45, 7) is 0.106. The van der Waals surface area contributed by atoms with Crippen molar-refractivity contribution in [3.05, 3.63) is 48.5 Å². The van der Waals surface area contributed by atoms with Gasteiger partial charge in [0.15, 0.2) is 23.8 Å². The van der Waals surface area contributed by atoms with Crippen molar-refractivity contribution >= 4 is 46.5 Å². The number of carbonyl (C=O) groups is 3. The number of nitrogens with two attached hydrogens (primary N) is 3. The number of nitrogen functional groups attached to an aromatic ring is 1. The number of aliphatic carboxylic acids is 1. The summed E-state index contributed by atoms with van der Waals surface area (Å²) in [5.74, 6) is -1.23. The van der Waals surface area contributed by atoms with Gasteiger partial charge in [0.2, 0.25) is 5.91 Å². The van der Waals surface area contributed by atoms with Gasteiger partial charge < -0.3 is 42.8 Å². The molecule has 220 valence electrons. The molecular weight excluding hydrogens is 554 g/mol. The van der Waals surface area contributed by atoms with Crippen LogP contribution in [0.3, 0.4) is 0 Å².